The van der Waals surface area contributed by atoms with Crippen molar-refractivity contribution in [1.29, 1.82) is 0 Å². The minimum Gasteiger partial charge on any atom is -0.367 e. The third-order valence-corrected chi connectivity index (χ3v) is 4.53. The zero-order valence-corrected chi connectivity index (χ0v) is 15.0. The first-order chi connectivity index (χ1) is 12.0. The topological polar surface area (TPSA) is 67.6 Å². The first-order valence-corrected chi connectivity index (χ1v) is 8.66. The van der Waals surface area contributed by atoms with E-state index in [9.17, 15) is 4.79 Å². The van der Waals surface area contributed by atoms with E-state index < -0.39 is 5.60 Å². The highest BCUT2D eigenvalue weighted by Crippen LogP contribution is 2.29. The third kappa shape index (κ3) is 4.02. The van der Waals surface area contributed by atoms with E-state index in [1.165, 1.54) is 0 Å². The maximum absolute atomic E-state index is 12.5. The van der Waals surface area contributed by atoms with Gasteiger partial charge in [0.25, 0.3) is 0 Å². The zero-order valence-electron chi connectivity index (χ0n) is 15.0. The zero-order chi connectivity index (χ0) is 17.9. The number of ether oxygens (including phenoxy) is 1. The Morgan fingerprint density at radius 2 is 2.12 bits per heavy atom. The number of nitrogens with zero attached hydrogens (tertiary/aromatic N) is 2. The largest absolute Gasteiger partial charge is 0.367 e. The van der Waals surface area contributed by atoms with Crippen LogP contribution in [0.3, 0.4) is 0 Å². The number of carbonyl (C=O) groups excluding carboxylic acids is 1. The average molecular weight is 343 g/mol. The van der Waals surface area contributed by atoms with Gasteiger partial charge in [-0.15, -0.1) is 0 Å². The SMILES string of the molecule is CC(C)c1cc(CNC(=O)N2CCO[C@](C)(c3ccccc3)C2)on1. The normalized spacial score (nSPS) is 20.7. The van der Waals surface area contributed by atoms with Gasteiger partial charge in [0, 0.05) is 12.6 Å². The number of nitrogens with one attached hydrogen (secondary N) is 1. The van der Waals surface area contributed by atoms with Crippen molar-refractivity contribution in [2.24, 2.45) is 0 Å². The molecule has 2 heterocycles. The predicted molar refractivity (Wildman–Crippen MR) is 94.1 cm³/mol. The first kappa shape index (κ1) is 17.5. The summed E-state index contributed by atoms with van der Waals surface area (Å²) < 4.78 is 11.2. The molecule has 0 bridgehead atoms. The van der Waals surface area contributed by atoms with Crippen LogP contribution in [0.4, 0.5) is 4.79 Å². The molecule has 2 aromatic rings. The molecule has 6 nitrogen and oxygen atoms in total. The highest BCUT2D eigenvalue weighted by atomic mass is 16.5. The molecule has 1 saturated heterocycles. The van der Waals surface area contributed by atoms with Crippen LogP contribution in [-0.4, -0.2) is 35.8 Å². The second-order valence-corrected chi connectivity index (χ2v) is 6.90. The summed E-state index contributed by atoms with van der Waals surface area (Å²) in [7, 11) is 0. The molecule has 1 aliphatic rings. The van der Waals surface area contributed by atoms with Gasteiger partial charge in [0.15, 0.2) is 5.76 Å². The van der Waals surface area contributed by atoms with Crippen molar-refractivity contribution < 1.29 is 14.1 Å². The Labute approximate surface area is 148 Å². The van der Waals surface area contributed by atoms with Gasteiger partial charge in [-0.3, -0.25) is 0 Å². The van der Waals surface area contributed by atoms with E-state index in [1.54, 1.807) is 4.90 Å². The molecule has 1 atom stereocenters. The van der Waals surface area contributed by atoms with Gasteiger partial charge in [0.1, 0.15) is 5.60 Å². The summed E-state index contributed by atoms with van der Waals surface area (Å²) in [5, 5.41) is 6.92. The van der Waals surface area contributed by atoms with E-state index in [0.29, 0.717) is 37.9 Å². The van der Waals surface area contributed by atoms with Gasteiger partial charge in [-0.1, -0.05) is 49.3 Å². The van der Waals surface area contributed by atoms with Crippen LogP contribution >= 0.6 is 0 Å². The molecule has 0 unspecified atom stereocenters. The van der Waals surface area contributed by atoms with Crippen molar-refractivity contribution in [2.75, 3.05) is 19.7 Å². The van der Waals surface area contributed by atoms with Crippen molar-refractivity contribution in [3.63, 3.8) is 0 Å². The van der Waals surface area contributed by atoms with Crippen LogP contribution in [0.25, 0.3) is 0 Å². The Morgan fingerprint density at radius 3 is 2.80 bits per heavy atom. The molecule has 6 heteroatoms. The van der Waals surface area contributed by atoms with Crippen LogP contribution in [0, 0.1) is 0 Å². The van der Waals surface area contributed by atoms with Gasteiger partial charge >= 0.3 is 6.03 Å². The summed E-state index contributed by atoms with van der Waals surface area (Å²) in [6.45, 7) is 8.05. The minimum atomic E-state index is -0.492. The second-order valence-electron chi connectivity index (χ2n) is 6.90. The second kappa shape index (κ2) is 7.27. The fourth-order valence-electron chi connectivity index (χ4n) is 2.97. The summed E-state index contributed by atoms with van der Waals surface area (Å²) in [6.07, 6.45) is 0. The monoisotopic (exact) mass is 343 g/mol. The predicted octanol–water partition coefficient (Wildman–Crippen LogP) is 3.26. The molecule has 1 aromatic heterocycles. The lowest BCUT2D eigenvalue weighted by Gasteiger charge is -2.40. The quantitative estimate of drug-likeness (QED) is 0.925. The van der Waals surface area contributed by atoms with E-state index in [2.05, 4.69) is 24.3 Å². The molecule has 3 rings (SSSR count). The molecule has 1 aliphatic heterocycles. The average Bonchev–Trinajstić information content (AvgIpc) is 3.10. The molecular weight excluding hydrogens is 318 g/mol. The Kier molecular flexibility index (Phi) is 5.08. The first-order valence-electron chi connectivity index (χ1n) is 8.66. The van der Waals surface area contributed by atoms with Crippen LogP contribution in [0.15, 0.2) is 40.9 Å². The molecule has 0 radical (unpaired) electrons. The molecule has 1 fully saturated rings. The number of morpholine rings is 1. The molecular formula is C19H25N3O3. The van der Waals surface area contributed by atoms with Gasteiger partial charge < -0.3 is 19.5 Å². The minimum absolute atomic E-state index is 0.118. The van der Waals surface area contributed by atoms with Crippen LogP contribution in [0.5, 0.6) is 0 Å². The van der Waals surface area contributed by atoms with Crippen molar-refractivity contribution in [3.05, 3.63) is 53.4 Å². The smallest absolute Gasteiger partial charge is 0.317 e. The number of benzene rings is 1. The number of hydrogen-bond acceptors (Lipinski definition) is 4. The van der Waals surface area contributed by atoms with Crippen LogP contribution in [0.1, 0.15) is 43.7 Å². The lowest BCUT2D eigenvalue weighted by atomic mass is 9.94. The van der Waals surface area contributed by atoms with E-state index in [4.69, 9.17) is 9.26 Å². The van der Waals surface area contributed by atoms with Gasteiger partial charge in [-0.2, -0.15) is 0 Å². The summed E-state index contributed by atoms with van der Waals surface area (Å²) in [5.41, 5.74) is 1.48. The fourth-order valence-corrected chi connectivity index (χ4v) is 2.97. The van der Waals surface area contributed by atoms with E-state index >= 15 is 0 Å². The summed E-state index contributed by atoms with van der Waals surface area (Å²) in [5.74, 6) is 0.968. The maximum Gasteiger partial charge on any atom is 0.317 e. The Hall–Kier alpha value is -2.34. The number of rotatable bonds is 4. The van der Waals surface area contributed by atoms with Crippen LogP contribution in [0.2, 0.25) is 0 Å². The lowest BCUT2D eigenvalue weighted by Crippen LogP contribution is -2.53. The highest BCUT2D eigenvalue weighted by molar-refractivity contribution is 5.74. The Balaban J connectivity index is 1.60. The standard InChI is InChI=1S/C19H25N3O3/c1-14(2)17-11-16(25-21-17)12-20-18(23)22-9-10-24-19(3,13-22)15-7-5-4-6-8-15/h4-8,11,14H,9-10,12-13H2,1-3H3,(H,20,23)/t19-/m0/s1. The lowest BCUT2D eigenvalue weighted by molar-refractivity contribution is -0.0907. The number of hydrogen-bond donors (Lipinski definition) is 1. The number of urea groups is 1. The van der Waals surface area contributed by atoms with Crippen molar-refractivity contribution >= 4 is 6.03 Å². The van der Waals surface area contributed by atoms with E-state index in [0.717, 1.165) is 11.3 Å². The molecule has 134 valence electrons. The number of amides is 2. The Bertz CT molecular complexity index is 714. The van der Waals surface area contributed by atoms with Gasteiger partial charge in [0.2, 0.25) is 0 Å². The van der Waals surface area contributed by atoms with Crippen molar-refractivity contribution in [1.82, 2.24) is 15.4 Å². The molecule has 25 heavy (non-hydrogen) atoms. The molecule has 0 aliphatic carbocycles. The van der Waals surface area contributed by atoms with E-state index in [-0.39, 0.29) is 6.03 Å². The highest BCUT2D eigenvalue weighted by Gasteiger charge is 2.35. The van der Waals surface area contributed by atoms with Crippen molar-refractivity contribution in [3.8, 4) is 0 Å². The van der Waals surface area contributed by atoms with Crippen LogP contribution in [-0.2, 0) is 16.9 Å². The van der Waals surface area contributed by atoms with E-state index in [1.807, 2.05) is 43.3 Å². The molecule has 0 spiro atoms. The molecule has 2 amide bonds. The summed E-state index contributed by atoms with van der Waals surface area (Å²) in [6, 6.07) is 11.8. The summed E-state index contributed by atoms with van der Waals surface area (Å²) in [4.78, 5) is 14.3. The molecule has 1 N–H and O–H groups in total. The molecule has 1 aromatic carbocycles. The van der Waals surface area contributed by atoms with Gasteiger partial charge in [-0.25, -0.2) is 4.79 Å². The maximum atomic E-state index is 12.5. The fraction of sp³-hybridized carbons (Fsp3) is 0.474. The number of aromatic nitrogens is 1. The number of carbonyl (C=O) groups is 1. The summed E-state index contributed by atoms with van der Waals surface area (Å²) >= 11 is 0. The van der Waals surface area contributed by atoms with Gasteiger partial charge in [-0.05, 0) is 18.4 Å². The Morgan fingerprint density at radius 1 is 1.36 bits per heavy atom. The third-order valence-electron chi connectivity index (χ3n) is 4.53. The van der Waals surface area contributed by atoms with Crippen molar-refractivity contribution in [2.45, 2.75) is 38.8 Å². The van der Waals surface area contributed by atoms with Gasteiger partial charge in [0.05, 0.1) is 25.4 Å². The molecule has 0 saturated carbocycles. The van der Waals surface area contributed by atoms with Crippen LogP contribution < -0.4 is 5.32 Å².